The van der Waals surface area contributed by atoms with Gasteiger partial charge >= 0.3 is 0 Å². The van der Waals surface area contributed by atoms with Crippen molar-refractivity contribution >= 4 is 34.4 Å². The molecule has 0 bridgehead atoms. The van der Waals surface area contributed by atoms with Gasteiger partial charge in [0.05, 0.1) is 17.6 Å². The highest BCUT2D eigenvalue weighted by Crippen LogP contribution is 2.42. The summed E-state index contributed by atoms with van der Waals surface area (Å²) in [7, 11) is 0. The fraction of sp³-hybridized carbons (Fsp3) is 0.133. The molecule has 8 heteroatoms. The van der Waals surface area contributed by atoms with E-state index in [4.69, 9.17) is 0 Å². The molecule has 0 saturated carbocycles. The van der Waals surface area contributed by atoms with Gasteiger partial charge in [-0.25, -0.2) is 4.98 Å². The Bertz CT molecular complexity index is 985. The molecule has 0 radical (unpaired) electrons. The number of nitrogens with one attached hydrogen (secondary N) is 3. The molecule has 114 valence electrons. The Balaban J connectivity index is 1.65. The number of thioether (sulfide) groups is 1. The first kappa shape index (κ1) is 13.3. The van der Waals surface area contributed by atoms with Gasteiger partial charge in [0.2, 0.25) is 0 Å². The SMILES string of the molecule is c1n[nH]c(Sc2ccc3[nH]c4c(c3c2)SCCc2cn[nH]c2-4)n1. The highest BCUT2D eigenvalue weighted by Gasteiger charge is 2.21. The van der Waals surface area contributed by atoms with E-state index in [0.29, 0.717) is 0 Å². The van der Waals surface area contributed by atoms with E-state index >= 15 is 0 Å². The van der Waals surface area contributed by atoms with E-state index < -0.39 is 0 Å². The molecule has 1 aromatic carbocycles. The lowest BCUT2D eigenvalue weighted by Crippen LogP contribution is -1.85. The molecule has 0 saturated heterocycles. The summed E-state index contributed by atoms with van der Waals surface area (Å²) in [6.07, 6.45) is 4.49. The second-order valence-electron chi connectivity index (χ2n) is 5.30. The number of benzene rings is 1. The summed E-state index contributed by atoms with van der Waals surface area (Å²) in [6, 6.07) is 6.44. The zero-order valence-corrected chi connectivity index (χ0v) is 13.6. The smallest absolute Gasteiger partial charge is 0.188 e. The zero-order chi connectivity index (χ0) is 15.2. The van der Waals surface area contributed by atoms with Crippen LogP contribution in [0.4, 0.5) is 0 Å². The first-order valence-electron chi connectivity index (χ1n) is 7.23. The number of aryl methyl sites for hydroxylation is 1. The lowest BCUT2D eigenvalue weighted by molar-refractivity contribution is 0.973. The molecule has 1 aliphatic rings. The average Bonchev–Trinajstić information content (AvgIpc) is 3.27. The van der Waals surface area contributed by atoms with Gasteiger partial charge in [-0.05, 0) is 24.6 Å². The lowest BCUT2D eigenvalue weighted by atomic mass is 10.1. The van der Waals surface area contributed by atoms with E-state index in [-0.39, 0.29) is 0 Å². The van der Waals surface area contributed by atoms with Crippen LogP contribution in [0.15, 0.2) is 45.7 Å². The summed E-state index contributed by atoms with van der Waals surface area (Å²) >= 11 is 3.48. The van der Waals surface area contributed by atoms with Crippen LogP contribution in [-0.2, 0) is 6.42 Å². The van der Waals surface area contributed by atoms with Crippen LogP contribution in [0, 0.1) is 0 Å². The van der Waals surface area contributed by atoms with Crippen molar-refractivity contribution in [3.63, 3.8) is 0 Å². The van der Waals surface area contributed by atoms with Gasteiger partial charge in [-0.2, -0.15) is 10.2 Å². The molecule has 3 N–H and O–H groups in total. The second kappa shape index (κ2) is 5.17. The summed E-state index contributed by atoms with van der Waals surface area (Å²) in [5.41, 5.74) is 4.69. The first-order valence-corrected chi connectivity index (χ1v) is 9.03. The van der Waals surface area contributed by atoms with Crippen molar-refractivity contribution in [1.29, 1.82) is 0 Å². The number of aromatic nitrogens is 6. The summed E-state index contributed by atoms with van der Waals surface area (Å²) in [5.74, 6) is 1.06. The third-order valence-corrected chi connectivity index (χ3v) is 5.92. The van der Waals surface area contributed by atoms with E-state index in [2.05, 4.69) is 48.6 Å². The molecule has 0 unspecified atom stereocenters. The van der Waals surface area contributed by atoms with Gasteiger partial charge in [-0.1, -0.05) is 11.8 Å². The topological polar surface area (TPSA) is 86.0 Å². The molecule has 23 heavy (non-hydrogen) atoms. The highest BCUT2D eigenvalue weighted by atomic mass is 32.2. The van der Waals surface area contributed by atoms with Crippen molar-refractivity contribution in [2.24, 2.45) is 0 Å². The minimum absolute atomic E-state index is 0.800. The Labute approximate surface area is 139 Å². The van der Waals surface area contributed by atoms with Crippen LogP contribution in [-0.4, -0.2) is 36.1 Å². The molecule has 0 fully saturated rings. The van der Waals surface area contributed by atoms with Gasteiger partial charge in [0.15, 0.2) is 5.16 Å². The van der Waals surface area contributed by atoms with Gasteiger partial charge in [0.25, 0.3) is 0 Å². The summed E-state index contributed by atoms with van der Waals surface area (Å²) in [5, 5.41) is 16.2. The molecule has 3 aromatic heterocycles. The van der Waals surface area contributed by atoms with E-state index in [1.165, 1.54) is 22.2 Å². The fourth-order valence-electron chi connectivity index (χ4n) is 2.87. The third-order valence-electron chi connectivity index (χ3n) is 3.92. The van der Waals surface area contributed by atoms with Crippen molar-refractivity contribution in [3.05, 3.63) is 36.3 Å². The monoisotopic (exact) mass is 340 g/mol. The molecule has 6 nitrogen and oxygen atoms in total. The maximum atomic E-state index is 4.20. The quantitative estimate of drug-likeness (QED) is 0.520. The second-order valence-corrected chi connectivity index (χ2v) is 7.47. The maximum Gasteiger partial charge on any atom is 0.188 e. The Kier molecular flexibility index (Phi) is 2.98. The van der Waals surface area contributed by atoms with Crippen LogP contribution in [0.5, 0.6) is 0 Å². The van der Waals surface area contributed by atoms with Gasteiger partial charge in [0.1, 0.15) is 6.33 Å². The van der Waals surface area contributed by atoms with Crippen molar-refractivity contribution in [2.45, 2.75) is 21.4 Å². The number of rotatable bonds is 2. The van der Waals surface area contributed by atoms with Crippen molar-refractivity contribution in [1.82, 2.24) is 30.4 Å². The molecular formula is C15H12N6S2. The number of H-pyrrole nitrogens is 3. The Morgan fingerprint density at radius 2 is 2.13 bits per heavy atom. The Hall–Kier alpha value is -2.19. The number of fused-ring (bicyclic) bond motifs is 5. The normalized spacial score (nSPS) is 13.7. The van der Waals surface area contributed by atoms with Crippen LogP contribution in [0.25, 0.3) is 22.3 Å². The van der Waals surface area contributed by atoms with E-state index in [0.717, 1.165) is 39.1 Å². The van der Waals surface area contributed by atoms with E-state index in [9.17, 15) is 0 Å². The predicted molar refractivity (Wildman–Crippen MR) is 90.8 cm³/mol. The molecule has 0 spiro atoms. The highest BCUT2D eigenvalue weighted by molar-refractivity contribution is 7.99. The molecule has 0 atom stereocenters. The standard InChI is InChI=1S/C15H12N6S2/c1-2-11-10(5-9(1)23-15-16-7-18-21-15)14-13(19-11)12-8(3-4-22-14)6-17-20-12/h1-2,5-7,19H,3-4H2,(H,17,20)(H,16,18,21). The van der Waals surface area contributed by atoms with Crippen molar-refractivity contribution < 1.29 is 0 Å². The largest absolute Gasteiger partial charge is 0.352 e. The minimum atomic E-state index is 0.800. The lowest BCUT2D eigenvalue weighted by Gasteiger charge is -2.01. The molecule has 0 aliphatic carbocycles. The van der Waals surface area contributed by atoms with Crippen LogP contribution in [0.1, 0.15) is 5.56 Å². The number of hydrogen-bond donors (Lipinski definition) is 3. The molecule has 1 aliphatic heterocycles. The molecule has 4 aromatic rings. The molecule has 4 heterocycles. The van der Waals surface area contributed by atoms with Crippen LogP contribution in [0.3, 0.4) is 0 Å². The fourth-order valence-corrected chi connectivity index (χ4v) is 4.75. The average molecular weight is 340 g/mol. The summed E-state index contributed by atoms with van der Waals surface area (Å²) < 4.78 is 0. The van der Waals surface area contributed by atoms with Gasteiger partial charge in [-0.3, -0.25) is 10.2 Å². The van der Waals surface area contributed by atoms with Gasteiger partial charge in [-0.15, -0.1) is 11.8 Å². The number of hydrogen-bond acceptors (Lipinski definition) is 5. The Morgan fingerprint density at radius 3 is 3.04 bits per heavy atom. The number of aromatic amines is 3. The van der Waals surface area contributed by atoms with Crippen LogP contribution < -0.4 is 0 Å². The van der Waals surface area contributed by atoms with Crippen LogP contribution in [0.2, 0.25) is 0 Å². The third kappa shape index (κ3) is 2.17. The summed E-state index contributed by atoms with van der Waals surface area (Å²) in [6.45, 7) is 0. The van der Waals surface area contributed by atoms with E-state index in [1.54, 1.807) is 11.8 Å². The summed E-state index contributed by atoms with van der Waals surface area (Å²) in [4.78, 5) is 10.2. The van der Waals surface area contributed by atoms with Gasteiger partial charge in [0, 0.05) is 32.0 Å². The predicted octanol–water partition coefficient (Wildman–Crippen LogP) is 3.48. The van der Waals surface area contributed by atoms with E-state index in [1.807, 2.05) is 18.0 Å². The maximum absolute atomic E-state index is 4.20. The van der Waals surface area contributed by atoms with Crippen LogP contribution >= 0.6 is 23.5 Å². The number of nitrogens with zero attached hydrogens (tertiary/aromatic N) is 3. The Morgan fingerprint density at radius 1 is 1.13 bits per heavy atom. The molecular weight excluding hydrogens is 328 g/mol. The minimum Gasteiger partial charge on any atom is -0.352 e. The van der Waals surface area contributed by atoms with Gasteiger partial charge < -0.3 is 4.98 Å². The first-order chi connectivity index (χ1) is 11.4. The zero-order valence-electron chi connectivity index (χ0n) is 12.0. The van der Waals surface area contributed by atoms with Crippen molar-refractivity contribution in [2.75, 3.05) is 5.75 Å². The molecule has 0 amide bonds. The molecule has 5 rings (SSSR count). The van der Waals surface area contributed by atoms with Crippen molar-refractivity contribution in [3.8, 4) is 11.4 Å².